The quantitative estimate of drug-likeness (QED) is 0.518. The molecule has 6 N–H and O–H groups in total. The molecule has 6 nitrogen and oxygen atoms in total. The number of nitrogens with zero attached hydrogens (tertiary/aromatic N) is 2. The van der Waals surface area contributed by atoms with Gasteiger partial charge in [-0.3, -0.25) is 9.48 Å². The van der Waals surface area contributed by atoms with Gasteiger partial charge in [0.15, 0.2) is 5.82 Å². The van der Waals surface area contributed by atoms with Gasteiger partial charge in [0.1, 0.15) is 6.54 Å². The van der Waals surface area contributed by atoms with Gasteiger partial charge in [-0.1, -0.05) is 0 Å². The smallest absolute Gasteiger partial charge is 0.239 e. The lowest BCUT2D eigenvalue weighted by molar-refractivity contribution is -0.118. The molecule has 1 aromatic rings. The van der Waals surface area contributed by atoms with Crippen LogP contribution in [0, 0.1) is 6.92 Å². The standard InChI is InChI=1S/C6H11N5O/c1-3-5(8)6(9)10-11(3)2-4(7)12/h2,8H2,1H3,(H2,7,12)(H2,9,10). The molecule has 0 saturated heterocycles. The number of amides is 1. The number of carbonyl (C=O) groups is 1. The number of anilines is 2. The molecule has 12 heavy (non-hydrogen) atoms. The van der Waals surface area contributed by atoms with Gasteiger partial charge in [0.2, 0.25) is 5.91 Å². The number of primary amides is 1. The molecule has 66 valence electrons. The van der Waals surface area contributed by atoms with Crippen molar-refractivity contribution in [2.24, 2.45) is 5.73 Å². The molecule has 0 atom stereocenters. The van der Waals surface area contributed by atoms with Crippen molar-refractivity contribution in [3.05, 3.63) is 5.69 Å². The van der Waals surface area contributed by atoms with E-state index >= 15 is 0 Å². The zero-order valence-corrected chi connectivity index (χ0v) is 6.74. The van der Waals surface area contributed by atoms with Crippen LogP contribution >= 0.6 is 0 Å². The Balaban J connectivity index is 3.01. The van der Waals surface area contributed by atoms with E-state index in [-0.39, 0.29) is 12.4 Å². The zero-order valence-electron chi connectivity index (χ0n) is 6.74. The third kappa shape index (κ3) is 1.31. The van der Waals surface area contributed by atoms with Crippen LogP contribution in [0.5, 0.6) is 0 Å². The highest BCUT2D eigenvalue weighted by Crippen LogP contribution is 2.16. The Morgan fingerprint density at radius 1 is 1.58 bits per heavy atom. The van der Waals surface area contributed by atoms with Crippen molar-refractivity contribution in [3.8, 4) is 0 Å². The van der Waals surface area contributed by atoms with Crippen LogP contribution in [0.3, 0.4) is 0 Å². The summed E-state index contributed by atoms with van der Waals surface area (Å²) in [7, 11) is 0. The van der Waals surface area contributed by atoms with Crippen LogP contribution in [-0.2, 0) is 11.3 Å². The average Bonchev–Trinajstić information content (AvgIpc) is 2.17. The van der Waals surface area contributed by atoms with Gasteiger partial charge in [0.05, 0.1) is 11.4 Å². The molecule has 1 aromatic heterocycles. The van der Waals surface area contributed by atoms with Gasteiger partial charge in [0, 0.05) is 0 Å². The second-order valence-electron chi connectivity index (χ2n) is 2.51. The zero-order chi connectivity index (χ0) is 9.30. The van der Waals surface area contributed by atoms with Crippen molar-refractivity contribution in [3.63, 3.8) is 0 Å². The Morgan fingerprint density at radius 3 is 2.50 bits per heavy atom. The molecule has 6 heteroatoms. The number of nitrogens with two attached hydrogens (primary N) is 3. The molecular formula is C6H11N5O. The summed E-state index contributed by atoms with van der Waals surface area (Å²) < 4.78 is 1.38. The second kappa shape index (κ2) is 2.72. The first-order valence-electron chi connectivity index (χ1n) is 3.39. The Bertz CT molecular complexity index is 316. The van der Waals surface area contributed by atoms with Gasteiger partial charge < -0.3 is 17.2 Å². The van der Waals surface area contributed by atoms with Crippen molar-refractivity contribution in [1.29, 1.82) is 0 Å². The van der Waals surface area contributed by atoms with Gasteiger partial charge in [-0.2, -0.15) is 5.10 Å². The van der Waals surface area contributed by atoms with Gasteiger partial charge in [-0.05, 0) is 6.92 Å². The fraction of sp³-hybridized carbons (Fsp3) is 0.333. The predicted molar refractivity (Wildman–Crippen MR) is 45.0 cm³/mol. The largest absolute Gasteiger partial charge is 0.394 e. The highest BCUT2D eigenvalue weighted by Gasteiger charge is 2.09. The molecule has 1 rings (SSSR count). The van der Waals surface area contributed by atoms with Gasteiger partial charge >= 0.3 is 0 Å². The van der Waals surface area contributed by atoms with Crippen LogP contribution in [0.2, 0.25) is 0 Å². The maximum absolute atomic E-state index is 10.5. The molecule has 0 radical (unpaired) electrons. The molecule has 0 saturated carbocycles. The third-order valence-electron chi connectivity index (χ3n) is 1.59. The molecule has 0 spiro atoms. The first-order chi connectivity index (χ1) is 5.52. The summed E-state index contributed by atoms with van der Waals surface area (Å²) in [6.45, 7) is 1.73. The molecule has 0 aliphatic carbocycles. The fourth-order valence-corrected chi connectivity index (χ4v) is 0.885. The minimum absolute atomic E-state index is 0.00718. The highest BCUT2D eigenvalue weighted by molar-refractivity contribution is 5.74. The summed E-state index contributed by atoms with van der Waals surface area (Å²) in [4.78, 5) is 10.5. The second-order valence-corrected chi connectivity index (χ2v) is 2.51. The first-order valence-corrected chi connectivity index (χ1v) is 3.39. The van der Waals surface area contributed by atoms with E-state index in [0.29, 0.717) is 11.4 Å². The Labute approximate surface area is 69.3 Å². The van der Waals surface area contributed by atoms with E-state index in [0.717, 1.165) is 0 Å². The van der Waals surface area contributed by atoms with E-state index in [4.69, 9.17) is 17.2 Å². The third-order valence-corrected chi connectivity index (χ3v) is 1.59. The molecule has 0 unspecified atom stereocenters. The molecule has 0 aliphatic heterocycles. The normalized spacial score (nSPS) is 10.1. The maximum Gasteiger partial charge on any atom is 0.239 e. The Morgan fingerprint density at radius 2 is 2.17 bits per heavy atom. The molecular weight excluding hydrogens is 158 g/mol. The topological polar surface area (TPSA) is 113 Å². The summed E-state index contributed by atoms with van der Waals surface area (Å²) in [5.74, 6) is -0.241. The SMILES string of the molecule is Cc1c(N)c(N)nn1CC(N)=O. The summed E-state index contributed by atoms with van der Waals surface area (Å²) in [5, 5.41) is 3.82. The predicted octanol–water partition coefficient (Wildman–Crippen LogP) is -1.16. The van der Waals surface area contributed by atoms with E-state index < -0.39 is 5.91 Å². The Hall–Kier alpha value is -1.72. The van der Waals surface area contributed by atoms with Crippen LogP contribution < -0.4 is 17.2 Å². The monoisotopic (exact) mass is 169 g/mol. The van der Waals surface area contributed by atoms with Gasteiger partial charge in [-0.25, -0.2) is 0 Å². The van der Waals surface area contributed by atoms with Crippen LogP contribution in [0.25, 0.3) is 0 Å². The minimum Gasteiger partial charge on any atom is -0.394 e. The molecule has 0 bridgehead atoms. The molecule has 0 fully saturated rings. The summed E-state index contributed by atoms with van der Waals surface area (Å²) in [6, 6.07) is 0. The van der Waals surface area contributed by atoms with E-state index in [1.807, 2.05) is 0 Å². The summed E-state index contributed by atoms with van der Waals surface area (Å²) >= 11 is 0. The lowest BCUT2D eigenvalue weighted by atomic mass is 10.4. The maximum atomic E-state index is 10.5. The van der Waals surface area contributed by atoms with Crippen molar-refractivity contribution in [2.45, 2.75) is 13.5 Å². The minimum atomic E-state index is -0.472. The molecule has 1 heterocycles. The van der Waals surface area contributed by atoms with Crippen molar-refractivity contribution in [1.82, 2.24) is 9.78 Å². The van der Waals surface area contributed by atoms with Crippen LogP contribution in [0.15, 0.2) is 0 Å². The van der Waals surface area contributed by atoms with Crippen molar-refractivity contribution >= 4 is 17.4 Å². The number of aromatic nitrogens is 2. The Kier molecular flexibility index (Phi) is 1.90. The summed E-state index contributed by atoms with van der Waals surface area (Å²) in [5.41, 5.74) is 17.0. The number of rotatable bonds is 2. The number of carbonyl (C=O) groups excluding carboxylic acids is 1. The fourth-order valence-electron chi connectivity index (χ4n) is 0.885. The lowest BCUT2D eigenvalue weighted by Crippen LogP contribution is -2.20. The van der Waals surface area contributed by atoms with Gasteiger partial charge in [0.25, 0.3) is 0 Å². The number of nitrogen functional groups attached to an aromatic ring is 2. The van der Waals surface area contributed by atoms with E-state index in [2.05, 4.69) is 5.10 Å². The highest BCUT2D eigenvalue weighted by atomic mass is 16.1. The van der Waals surface area contributed by atoms with E-state index in [1.54, 1.807) is 6.92 Å². The van der Waals surface area contributed by atoms with Crippen molar-refractivity contribution in [2.75, 3.05) is 11.5 Å². The summed E-state index contributed by atoms with van der Waals surface area (Å²) in [6.07, 6.45) is 0. The number of hydrogen-bond donors (Lipinski definition) is 3. The van der Waals surface area contributed by atoms with E-state index in [1.165, 1.54) is 4.68 Å². The van der Waals surface area contributed by atoms with Crippen LogP contribution in [0.4, 0.5) is 11.5 Å². The van der Waals surface area contributed by atoms with Crippen LogP contribution in [-0.4, -0.2) is 15.7 Å². The van der Waals surface area contributed by atoms with Crippen molar-refractivity contribution < 1.29 is 4.79 Å². The molecule has 0 aromatic carbocycles. The van der Waals surface area contributed by atoms with E-state index in [9.17, 15) is 4.79 Å². The first kappa shape index (κ1) is 8.38. The van der Waals surface area contributed by atoms with Crippen LogP contribution in [0.1, 0.15) is 5.69 Å². The lowest BCUT2D eigenvalue weighted by Gasteiger charge is -1.98. The molecule has 0 aliphatic rings. The average molecular weight is 169 g/mol. The number of hydrogen-bond acceptors (Lipinski definition) is 4. The molecule has 1 amide bonds. The van der Waals surface area contributed by atoms with Gasteiger partial charge in [-0.15, -0.1) is 0 Å².